The predicted octanol–water partition coefficient (Wildman–Crippen LogP) is 3.33. The first kappa shape index (κ1) is 11.5. The quantitative estimate of drug-likeness (QED) is 0.872. The second-order valence-electron chi connectivity index (χ2n) is 4.03. The molecule has 0 spiro atoms. The zero-order valence-electron chi connectivity index (χ0n) is 10.2. The van der Waals surface area contributed by atoms with Crippen LogP contribution in [-0.2, 0) is 6.42 Å². The fourth-order valence-corrected chi connectivity index (χ4v) is 2.12. The van der Waals surface area contributed by atoms with E-state index in [1.54, 1.807) is 0 Å². The van der Waals surface area contributed by atoms with E-state index in [1.807, 2.05) is 26.0 Å². The molecule has 0 aliphatic rings. The number of hydrogen-bond donors (Lipinski definition) is 1. The minimum atomic E-state index is 0.548. The average molecular weight is 228 g/mol. The molecule has 1 aromatic carbocycles. The molecular formula is C14H16N2O. The van der Waals surface area contributed by atoms with Crippen molar-refractivity contribution in [2.45, 2.75) is 26.7 Å². The summed E-state index contributed by atoms with van der Waals surface area (Å²) >= 11 is 0. The van der Waals surface area contributed by atoms with Gasteiger partial charge in [-0.05, 0) is 44.0 Å². The van der Waals surface area contributed by atoms with Gasteiger partial charge in [-0.3, -0.25) is 0 Å². The van der Waals surface area contributed by atoms with E-state index in [1.165, 1.54) is 10.9 Å². The van der Waals surface area contributed by atoms with E-state index in [0.29, 0.717) is 13.0 Å². The van der Waals surface area contributed by atoms with Crippen LogP contribution in [0.5, 0.6) is 5.75 Å². The first-order valence-electron chi connectivity index (χ1n) is 5.87. The number of rotatable bonds is 4. The summed E-state index contributed by atoms with van der Waals surface area (Å²) in [5.41, 5.74) is 3.48. The summed E-state index contributed by atoms with van der Waals surface area (Å²) in [5, 5.41) is 9.85. The van der Waals surface area contributed by atoms with Gasteiger partial charge in [-0.25, -0.2) is 0 Å². The molecule has 2 aromatic rings. The van der Waals surface area contributed by atoms with E-state index < -0.39 is 0 Å². The summed E-state index contributed by atoms with van der Waals surface area (Å²) in [4.78, 5) is 3.34. The van der Waals surface area contributed by atoms with Crippen LogP contribution in [0, 0.1) is 18.3 Å². The zero-order valence-corrected chi connectivity index (χ0v) is 10.2. The maximum atomic E-state index is 8.68. The van der Waals surface area contributed by atoms with Crippen LogP contribution in [0.1, 0.15) is 24.6 Å². The van der Waals surface area contributed by atoms with E-state index in [-0.39, 0.29) is 0 Å². The van der Waals surface area contributed by atoms with Crippen molar-refractivity contribution < 1.29 is 4.74 Å². The largest absolute Gasteiger partial charge is 0.494 e. The fourth-order valence-electron chi connectivity index (χ4n) is 2.12. The third kappa shape index (κ3) is 2.26. The molecule has 0 unspecified atom stereocenters. The summed E-state index contributed by atoms with van der Waals surface area (Å²) in [6, 6.07) is 8.24. The van der Waals surface area contributed by atoms with Crippen LogP contribution in [0.2, 0.25) is 0 Å². The molecule has 0 radical (unpaired) electrons. The topological polar surface area (TPSA) is 48.8 Å². The number of nitriles is 1. The molecule has 3 heteroatoms. The van der Waals surface area contributed by atoms with E-state index in [4.69, 9.17) is 10.00 Å². The predicted molar refractivity (Wildman–Crippen MR) is 68.1 cm³/mol. The van der Waals surface area contributed by atoms with Gasteiger partial charge in [-0.15, -0.1) is 0 Å². The Morgan fingerprint density at radius 1 is 1.41 bits per heavy atom. The molecule has 0 bridgehead atoms. The molecule has 0 aliphatic heterocycles. The molecule has 3 nitrogen and oxygen atoms in total. The van der Waals surface area contributed by atoms with Crippen molar-refractivity contribution in [3.8, 4) is 11.8 Å². The summed E-state index contributed by atoms with van der Waals surface area (Å²) in [6.45, 7) is 4.69. The molecular weight excluding hydrogens is 212 g/mol. The lowest BCUT2D eigenvalue weighted by atomic mass is 10.1. The lowest BCUT2D eigenvalue weighted by molar-refractivity contribution is 0.340. The van der Waals surface area contributed by atoms with Crippen molar-refractivity contribution in [1.82, 2.24) is 4.98 Å². The highest BCUT2D eigenvalue weighted by atomic mass is 16.5. The van der Waals surface area contributed by atoms with Gasteiger partial charge >= 0.3 is 0 Å². The third-order valence-corrected chi connectivity index (χ3v) is 2.89. The number of nitrogens with zero attached hydrogens (tertiary/aromatic N) is 1. The number of nitrogens with one attached hydrogen (secondary N) is 1. The second-order valence-corrected chi connectivity index (χ2v) is 4.03. The van der Waals surface area contributed by atoms with Gasteiger partial charge in [0.2, 0.25) is 0 Å². The van der Waals surface area contributed by atoms with E-state index >= 15 is 0 Å². The summed E-state index contributed by atoms with van der Waals surface area (Å²) in [6.07, 6.45) is 1.34. The van der Waals surface area contributed by atoms with E-state index in [9.17, 15) is 0 Å². The van der Waals surface area contributed by atoms with Crippen LogP contribution in [0.4, 0.5) is 0 Å². The smallest absolute Gasteiger partial charge is 0.120 e. The van der Waals surface area contributed by atoms with Gasteiger partial charge in [0.25, 0.3) is 0 Å². The Balaban J connectivity index is 2.46. The fraction of sp³-hybridized carbons (Fsp3) is 0.357. The molecule has 2 rings (SSSR count). The van der Waals surface area contributed by atoms with Gasteiger partial charge in [0.1, 0.15) is 5.75 Å². The van der Waals surface area contributed by atoms with E-state index in [2.05, 4.69) is 17.1 Å². The molecule has 0 saturated heterocycles. The van der Waals surface area contributed by atoms with Gasteiger partial charge in [-0.1, -0.05) is 0 Å². The molecule has 88 valence electrons. The second kappa shape index (κ2) is 4.92. The maximum Gasteiger partial charge on any atom is 0.120 e. The Hall–Kier alpha value is -1.95. The number of aromatic amines is 1. The molecule has 0 amide bonds. The minimum Gasteiger partial charge on any atom is -0.494 e. The Bertz CT molecular complexity index is 563. The number of aryl methyl sites for hydroxylation is 2. The number of ether oxygens (including phenoxy) is 1. The van der Waals surface area contributed by atoms with Crippen molar-refractivity contribution in [2.24, 2.45) is 0 Å². The van der Waals surface area contributed by atoms with Gasteiger partial charge in [0.05, 0.1) is 12.7 Å². The molecule has 0 fully saturated rings. The monoisotopic (exact) mass is 228 g/mol. The maximum absolute atomic E-state index is 8.68. The third-order valence-electron chi connectivity index (χ3n) is 2.89. The van der Waals surface area contributed by atoms with Crippen molar-refractivity contribution in [1.29, 1.82) is 5.26 Å². The van der Waals surface area contributed by atoms with Crippen LogP contribution in [0.15, 0.2) is 18.2 Å². The van der Waals surface area contributed by atoms with Crippen LogP contribution in [0.25, 0.3) is 10.9 Å². The molecule has 1 N–H and O–H groups in total. The summed E-state index contributed by atoms with van der Waals surface area (Å²) < 4.78 is 5.50. The summed E-state index contributed by atoms with van der Waals surface area (Å²) in [5.74, 6) is 0.886. The first-order valence-corrected chi connectivity index (χ1v) is 5.87. The molecule has 0 atom stereocenters. The Morgan fingerprint density at radius 3 is 2.94 bits per heavy atom. The SMILES string of the molecule is CCOc1ccc2[nH]c(C)c(CCC#N)c2c1. The normalized spacial score (nSPS) is 10.4. The number of fused-ring (bicyclic) bond motifs is 1. The van der Waals surface area contributed by atoms with Gasteiger partial charge in [-0.2, -0.15) is 5.26 Å². The van der Waals surface area contributed by atoms with Crippen molar-refractivity contribution in [3.63, 3.8) is 0 Å². The molecule has 1 aromatic heterocycles. The lowest BCUT2D eigenvalue weighted by Gasteiger charge is -2.03. The van der Waals surface area contributed by atoms with Crippen molar-refractivity contribution >= 4 is 10.9 Å². The van der Waals surface area contributed by atoms with Crippen LogP contribution >= 0.6 is 0 Å². The highest BCUT2D eigenvalue weighted by Crippen LogP contribution is 2.27. The van der Waals surface area contributed by atoms with Crippen LogP contribution in [0.3, 0.4) is 0 Å². The van der Waals surface area contributed by atoms with Crippen LogP contribution < -0.4 is 4.74 Å². The van der Waals surface area contributed by atoms with Crippen molar-refractivity contribution in [2.75, 3.05) is 6.61 Å². The minimum absolute atomic E-state index is 0.548. The first-order chi connectivity index (χ1) is 8.26. The number of H-pyrrole nitrogens is 1. The standard InChI is InChI=1S/C14H16N2O/c1-3-17-11-6-7-14-13(9-11)12(5-4-8-15)10(2)16-14/h6-7,9,16H,3-5H2,1-2H3. The van der Waals surface area contributed by atoms with Crippen molar-refractivity contribution in [3.05, 3.63) is 29.5 Å². The average Bonchev–Trinajstić information content (AvgIpc) is 2.63. The number of hydrogen-bond acceptors (Lipinski definition) is 2. The van der Waals surface area contributed by atoms with E-state index in [0.717, 1.165) is 23.4 Å². The lowest BCUT2D eigenvalue weighted by Crippen LogP contribution is -1.91. The number of aromatic nitrogens is 1. The molecule has 1 heterocycles. The Morgan fingerprint density at radius 2 is 2.24 bits per heavy atom. The van der Waals surface area contributed by atoms with Crippen LogP contribution in [-0.4, -0.2) is 11.6 Å². The molecule has 0 aliphatic carbocycles. The summed E-state index contributed by atoms with van der Waals surface area (Å²) in [7, 11) is 0. The molecule has 0 saturated carbocycles. The highest BCUT2D eigenvalue weighted by molar-refractivity contribution is 5.86. The highest BCUT2D eigenvalue weighted by Gasteiger charge is 2.08. The zero-order chi connectivity index (χ0) is 12.3. The van der Waals surface area contributed by atoms with Gasteiger partial charge in [0.15, 0.2) is 0 Å². The Labute approximate surface area is 101 Å². The molecule has 17 heavy (non-hydrogen) atoms. The number of benzene rings is 1. The Kier molecular flexibility index (Phi) is 3.34. The van der Waals surface area contributed by atoms with Gasteiger partial charge in [0, 0.05) is 23.0 Å². The van der Waals surface area contributed by atoms with Gasteiger partial charge < -0.3 is 9.72 Å².